The zero-order valence-corrected chi connectivity index (χ0v) is 30.3. The number of halogens is 1. The predicted octanol–water partition coefficient (Wildman–Crippen LogP) is 8.94. The van der Waals surface area contributed by atoms with Gasteiger partial charge in [0, 0.05) is 51.8 Å². The van der Waals surface area contributed by atoms with Crippen LogP contribution in [-0.2, 0) is 16.2 Å². The van der Waals surface area contributed by atoms with Crippen molar-refractivity contribution in [1.29, 1.82) is 0 Å². The summed E-state index contributed by atoms with van der Waals surface area (Å²) >= 11 is 7.59. The number of thioether (sulfide) groups is 2. The van der Waals surface area contributed by atoms with E-state index in [9.17, 15) is 19.5 Å². The first kappa shape index (κ1) is 34.8. The van der Waals surface area contributed by atoms with Gasteiger partial charge < -0.3 is 15.2 Å². The van der Waals surface area contributed by atoms with Gasteiger partial charge in [0.05, 0.1) is 10.0 Å². The monoisotopic (exact) mass is 725 g/mol. The molecule has 0 saturated carbocycles. The van der Waals surface area contributed by atoms with Crippen LogP contribution < -0.4 is 10.1 Å². The van der Waals surface area contributed by atoms with Crippen molar-refractivity contribution in [2.45, 2.75) is 89.2 Å². The highest BCUT2D eigenvalue weighted by atomic mass is 79.9. The zero-order valence-electron chi connectivity index (χ0n) is 27.1. The largest absolute Gasteiger partial charge is 0.488 e. The van der Waals surface area contributed by atoms with Gasteiger partial charge in [0.1, 0.15) is 12.4 Å². The topological polar surface area (TPSA) is 92.7 Å². The summed E-state index contributed by atoms with van der Waals surface area (Å²) in [7, 11) is 0. The van der Waals surface area contributed by atoms with E-state index >= 15 is 0 Å². The minimum atomic E-state index is -0.964. The Kier molecular flexibility index (Phi) is 11.8. The van der Waals surface area contributed by atoms with Crippen LogP contribution in [0.3, 0.4) is 0 Å². The molecule has 0 spiro atoms. The molecule has 6 nitrogen and oxygen atoms in total. The number of carboxylic acids is 1. The number of benzene rings is 2. The molecule has 2 aromatic carbocycles. The Hall–Kier alpha value is -2.49. The number of nitrogens with one attached hydrogen (secondary N) is 1. The van der Waals surface area contributed by atoms with Crippen LogP contribution in [0, 0.1) is 11.8 Å². The van der Waals surface area contributed by atoms with Crippen LogP contribution in [0.5, 0.6) is 5.75 Å². The molecular weight excluding hydrogens is 682 g/mol. The number of hydrogen-bond donors (Lipinski definition) is 2. The Morgan fingerprint density at radius 1 is 0.891 bits per heavy atom. The van der Waals surface area contributed by atoms with Crippen LogP contribution in [-0.4, -0.2) is 44.6 Å². The van der Waals surface area contributed by atoms with Gasteiger partial charge in [-0.3, -0.25) is 9.59 Å². The van der Waals surface area contributed by atoms with Crippen molar-refractivity contribution in [1.82, 2.24) is 5.32 Å². The highest BCUT2D eigenvalue weighted by molar-refractivity contribution is 9.10. The van der Waals surface area contributed by atoms with E-state index < -0.39 is 11.9 Å². The molecule has 0 aromatic heterocycles. The fraction of sp³-hybridized carbons (Fsp3) is 0.486. The van der Waals surface area contributed by atoms with E-state index in [-0.39, 0.29) is 23.7 Å². The molecule has 2 N–H and O–H groups in total. The lowest BCUT2D eigenvalue weighted by Gasteiger charge is -2.41. The fourth-order valence-corrected chi connectivity index (χ4v) is 9.75. The van der Waals surface area contributed by atoms with Crippen molar-refractivity contribution >= 4 is 57.0 Å². The second kappa shape index (κ2) is 15.6. The third kappa shape index (κ3) is 8.13. The summed E-state index contributed by atoms with van der Waals surface area (Å²) in [6.45, 7) is 9.15. The first-order valence-corrected chi connectivity index (χ1v) is 19.2. The van der Waals surface area contributed by atoms with Gasteiger partial charge in [0.2, 0.25) is 0 Å². The van der Waals surface area contributed by atoms with Crippen LogP contribution in [0.15, 0.2) is 69.5 Å². The summed E-state index contributed by atoms with van der Waals surface area (Å²) in [5.41, 5.74) is 5.52. The molecule has 2 aromatic rings. The van der Waals surface area contributed by atoms with Gasteiger partial charge in [-0.2, -0.15) is 23.5 Å². The van der Waals surface area contributed by atoms with E-state index in [4.69, 9.17) is 4.74 Å². The normalized spacial score (nSPS) is 22.6. The van der Waals surface area contributed by atoms with E-state index in [0.29, 0.717) is 40.9 Å². The van der Waals surface area contributed by atoms with E-state index in [1.54, 1.807) is 24.3 Å². The third-order valence-corrected chi connectivity index (χ3v) is 12.0. The number of aromatic carboxylic acids is 1. The number of ketones is 2. The summed E-state index contributed by atoms with van der Waals surface area (Å²) in [6, 6.07) is 12.5. The lowest BCUT2D eigenvalue weighted by Crippen LogP contribution is -2.40. The molecule has 2 aliphatic carbocycles. The maximum atomic E-state index is 14.0. The molecule has 1 aliphatic heterocycles. The SMILES string of the molecule is CCSC(C)CC1CC(=O)C2=C(C1)NC1=C(C(=O)CC(CC(C)SCC)C1)C2c1ccc(OCc2ccc(C(=O)O)cc2)c(Br)c1. The molecule has 5 rings (SSSR count). The van der Waals surface area contributed by atoms with Crippen LogP contribution in [0.4, 0.5) is 0 Å². The van der Waals surface area contributed by atoms with Crippen LogP contribution in [0.25, 0.3) is 0 Å². The third-order valence-electron chi connectivity index (χ3n) is 9.18. The molecule has 0 bridgehead atoms. The van der Waals surface area contributed by atoms with Crippen molar-refractivity contribution in [3.8, 4) is 5.75 Å². The number of carbonyl (C=O) groups is 3. The van der Waals surface area contributed by atoms with Crippen molar-refractivity contribution in [2.75, 3.05) is 11.5 Å². The van der Waals surface area contributed by atoms with Crippen LogP contribution in [0.1, 0.15) is 93.6 Å². The molecule has 0 saturated heterocycles. The first-order chi connectivity index (χ1) is 22.1. The molecule has 3 aliphatic rings. The smallest absolute Gasteiger partial charge is 0.335 e. The maximum absolute atomic E-state index is 14.0. The number of carboxylic acid groups (broad SMARTS) is 1. The molecule has 4 atom stereocenters. The van der Waals surface area contributed by atoms with Gasteiger partial charge in [-0.1, -0.05) is 45.9 Å². The molecule has 4 unspecified atom stereocenters. The molecule has 0 radical (unpaired) electrons. The van der Waals surface area contributed by atoms with E-state index in [0.717, 1.165) is 75.3 Å². The number of allylic oxidation sites excluding steroid dienone is 4. The van der Waals surface area contributed by atoms with Crippen molar-refractivity contribution in [2.24, 2.45) is 11.8 Å². The molecule has 9 heteroatoms. The van der Waals surface area contributed by atoms with Gasteiger partial charge in [-0.05, 0) is 100 Å². The zero-order chi connectivity index (χ0) is 33.0. The number of hydrogen-bond acceptors (Lipinski definition) is 7. The molecule has 0 fully saturated rings. The van der Waals surface area contributed by atoms with E-state index in [2.05, 4.69) is 48.9 Å². The van der Waals surface area contributed by atoms with Crippen molar-refractivity contribution in [3.05, 3.63) is 86.2 Å². The van der Waals surface area contributed by atoms with Gasteiger partial charge in [-0.25, -0.2) is 4.79 Å². The average molecular weight is 727 g/mol. The summed E-state index contributed by atoms with van der Waals surface area (Å²) in [4.78, 5) is 39.2. The fourth-order valence-electron chi connectivity index (χ4n) is 7.29. The van der Waals surface area contributed by atoms with E-state index in [1.807, 2.05) is 41.7 Å². The minimum absolute atomic E-state index is 0.146. The molecule has 0 amide bonds. The predicted molar refractivity (Wildman–Crippen MR) is 192 cm³/mol. The Morgan fingerprint density at radius 2 is 1.43 bits per heavy atom. The minimum Gasteiger partial charge on any atom is -0.488 e. The number of dihydropyridines is 1. The Morgan fingerprint density at radius 3 is 1.91 bits per heavy atom. The standard InChI is InChI=1S/C37H44BrNO5S2/c1-5-45-21(3)13-24-15-29-35(31(40)17-24)34(36-30(39-29)16-25(18-32(36)41)14-22(4)46-6-2)27-11-12-33(28(38)19-27)44-20-23-7-9-26(10-8-23)37(42)43/h7-12,19,21-22,24-25,34,39H,5-6,13-18,20H2,1-4H3,(H,42,43). The first-order valence-electron chi connectivity index (χ1n) is 16.3. The summed E-state index contributed by atoms with van der Waals surface area (Å²) < 4.78 is 6.84. The van der Waals surface area contributed by atoms with Gasteiger partial charge >= 0.3 is 5.97 Å². The average Bonchev–Trinajstić information content (AvgIpc) is 2.99. The highest BCUT2D eigenvalue weighted by Crippen LogP contribution is 2.49. The Labute approximate surface area is 289 Å². The lowest BCUT2D eigenvalue weighted by atomic mass is 9.68. The van der Waals surface area contributed by atoms with Crippen LogP contribution in [0.2, 0.25) is 0 Å². The quantitative estimate of drug-likeness (QED) is 0.212. The van der Waals surface area contributed by atoms with Gasteiger partial charge in [-0.15, -0.1) is 0 Å². The number of rotatable bonds is 13. The second-order valence-corrected chi connectivity index (χ2v) is 17.0. The van der Waals surface area contributed by atoms with Gasteiger partial charge in [0.15, 0.2) is 11.6 Å². The molecule has 246 valence electrons. The number of Topliss-reactive ketones (excluding diaryl/α,β-unsaturated/α-hetero) is 2. The highest BCUT2D eigenvalue weighted by Gasteiger charge is 2.44. The summed E-state index contributed by atoms with van der Waals surface area (Å²) in [6.07, 6.45) is 4.69. The Balaban J connectivity index is 1.44. The number of carbonyl (C=O) groups excluding carboxylic acids is 2. The number of ether oxygens (including phenoxy) is 1. The van der Waals surface area contributed by atoms with Crippen LogP contribution >= 0.6 is 39.5 Å². The maximum Gasteiger partial charge on any atom is 0.335 e. The molecular formula is C37H44BrNO5S2. The lowest BCUT2D eigenvalue weighted by molar-refractivity contribution is -0.118. The molecule has 46 heavy (non-hydrogen) atoms. The summed E-state index contributed by atoms with van der Waals surface area (Å²) in [5, 5.41) is 13.9. The Bertz CT molecular complexity index is 1480. The molecule has 1 heterocycles. The summed E-state index contributed by atoms with van der Waals surface area (Å²) in [5.74, 6) is 2.28. The van der Waals surface area contributed by atoms with E-state index in [1.165, 1.54) is 0 Å². The van der Waals surface area contributed by atoms with Crippen molar-refractivity contribution in [3.63, 3.8) is 0 Å². The second-order valence-electron chi connectivity index (χ2n) is 12.7. The van der Waals surface area contributed by atoms with Crippen molar-refractivity contribution < 1.29 is 24.2 Å². The van der Waals surface area contributed by atoms with Gasteiger partial charge in [0.25, 0.3) is 0 Å².